The number of rotatable bonds is 11. The zero-order chi connectivity index (χ0) is 17.3. The van der Waals surface area contributed by atoms with Crippen molar-refractivity contribution in [3.63, 3.8) is 0 Å². The van der Waals surface area contributed by atoms with Gasteiger partial charge in [-0.3, -0.25) is 9.59 Å². The van der Waals surface area contributed by atoms with Crippen LogP contribution < -0.4 is 10.6 Å². The Kier molecular flexibility index (Phi) is 9.48. The molecular formula is C16H32N2O4. The van der Waals surface area contributed by atoms with Crippen LogP contribution in [0, 0.1) is 11.8 Å². The second-order valence-electron chi connectivity index (χ2n) is 7.01. The van der Waals surface area contributed by atoms with Gasteiger partial charge in [-0.25, -0.2) is 0 Å². The number of Topliss-reactive ketones (excluding diaryl/α,β-unsaturated/α-hetero) is 1. The normalized spacial score (nSPS) is 14.7. The summed E-state index contributed by atoms with van der Waals surface area (Å²) in [6.45, 7) is 7.78. The third-order valence-corrected chi connectivity index (χ3v) is 3.72. The summed E-state index contributed by atoms with van der Waals surface area (Å²) in [6, 6.07) is 0. The molecule has 0 aliphatic heterocycles. The van der Waals surface area contributed by atoms with Gasteiger partial charge in [0.15, 0.2) is 0 Å². The Bertz CT molecular complexity index is 356. The van der Waals surface area contributed by atoms with Crippen LogP contribution in [0.5, 0.6) is 0 Å². The lowest BCUT2D eigenvalue weighted by Gasteiger charge is -2.30. The predicted octanol–water partition coefficient (Wildman–Crippen LogP) is 0.465. The summed E-state index contributed by atoms with van der Waals surface area (Å²) in [5.41, 5.74) is -0.0939. The average molecular weight is 316 g/mol. The Morgan fingerprint density at radius 1 is 1.23 bits per heavy atom. The van der Waals surface area contributed by atoms with Crippen molar-refractivity contribution in [3.05, 3.63) is 0 Å². The highest BCUT2D eigenvalue weighted by Crippen LogP contribution is 2.25. The molecule has 6 heteroatoms. The van der Waals surface area contributed by atoms with Crippen LogP contribution in [0.4, 0.5) is 0 Å². The molecule has 0 aromatic rings. The highest BCUT2D eigenvalue weighted by Gasteiger charge is 2.26. The zero-order valence-electron chi connectivity index (χ0n) is 14.5. The highest BCUT2D eigenvalue weighted by molar-refractivity contribution is 6.36. The number of amides is 1. The van der Waals surface area contributed by atoms with Gasteiger partial charge < -0.3 is 20.8 Å². The maximum atomic E-state index is 12.0. The van der Waals surface area contributed by atoms with Crippen molar-refractivity contribution in [2.45, 2.75) is 58.6 Å². The number of carbonyl (C=O) groups excluding carboxylic acids is 2. The van der Waals surface area contributed by atoms with E-state index in [1.807, 2.05) is 7.05 Å². The molecule has 130 valence electrons. The topological polar surface area (TPSA) is 98.7 Å². The number of nitrogens with one attached hydrogen (secondary N) is 2. The number of hydrogen-bond acceptors (Lipinski definition) is 5. The van der Waals surface area contributed by atoms with Crippen molar-refractivity contribution in [3.8, 4) is 0 Å². The fourth-order valence-corrected chi connectivity index (χ4v) is 2.46. The summed E-state index contributed by atoms with van der Waals surface area (Å²) >= 11 is 0. The molecule has 0 aliphatic rings. The van der Waals surface area contributed by atoms with E-state index in [2.05, 4.69) is 38.3 Å². The summed E-state index contributed by atoms with van der Waals surface area (Å²) in [6.07, 6.45) is 0.847. The third kappa shape index (κ3) is 9.12. The SMILES string of the molecule is CNC(C)(C)CC(CC(=O)C(=O)NCC(O)CO)CC(C)C. The lowest BCUT2D eigenvalue weighted by Crippen LogP contribution is -2.41. The molecule has 0 spiro atoms. The monoisotopic (exact) mass is 316 g/mol. The molecule has 0 fully saturated rings. The van der Waals surface area contributed by atoms with Gasteiger partial charge >= 0.3 is 0 Å². The molecule has 0 aromatic heterocycles. The molecule has 0 aliphatic carbocycles. The molecular weight excluding hydrogens is 284 g/mol. The van der Waals surface area contributed by atoms with Gasteiger partial charge in [0.25, 0.3) is 5.91 Å². The smallest absolute Gasteiger partial charge is 0.287 e. The standard InChI is InChI=1S/C16H32N2O4/c1-11(2)6-12(8-16(3,4)17-5)7-14(21)15(22)18-9-13(20)10-19/h11-13,17,19-20H,6-10H2,1-5H3,(H,18,22). The maximum Gasteiger partial charge on any atom is 0.287 e. The Morgan fingerprint density at radius 3 is 2.27 bits per heavy atom. The molecule has 2 unspecified atom stereocenters. The van der Waals surface area contributed by atoms with E-state index in [-0.39, 0.29) is 24.4 Å². The second kappa shape index (κ2) is 9.92. The van der Waals surface area contributed by atoms with Crippen molar-refractivity contribution < 1.29 is 19.8 Å². The first-order valence-electron chi connectivity index (χ1n) is 7.90. The van der Waals surface area contributed by atoms with Crippen molar-refractivity contribution in [2.75, 3.05) is 20.2 Å². The van der Waals surface area contributed by atoms with Crippen LogP contribution in [0.2, 0.25) is 0 Å². The van der Waals surface area contributed by atoms with Gasteiger partial charge in [0.1, 0.15) is 0 Å². The van der Waals surface area contributed by atoms with Gasteiger partial charge in [0.05, 0.1) is 12.7 Å². The van der Waals surface area contributed by atoms with Gasteiger partial charge in [-0.2, -0.15) is 0 Å². The molecule has 0 saturated carbocycles. The van der Waals surface area contributed by atoms with Gasteiger partial charge in [-0.1, -0.05) is 13.8 Å². The van der Waals surface area contributed by atoms with E-state index >= 15 is 0 Å². The Hall–Kier alpha value is -0.980. The van der Waals surface area contributed by atoms with Crippen molar-refractivity contribution in [2.24, 2.45) is 11.8 Å². The van der Waals surface area contributed by atoms with Crippen LogP contribution in [-0.4, -0.2) is 53.7 Å². The number of aliphatic hydroxyl groups is 2. The first-order chi connectivity index (χ1) is 10.1. The van der Waals surface area contributed by atoms with E-state index in [0.717, 1.165) is 12.8 Å². The minimum absolute atomic E-state index is 0.0939. The summed E-state index contributed by atoms with van der Waals surface area (Å²) in [5, 5.41) is 23.5. The molecule has 0 radical (unpaired) electrons. The van der Waals surface area contributed by atoms with Crippen molar-refractivity contribution in [1.29, 1.82) is 0 Å². The molecule has 2 atom stereocenters. The molecule has 0 aromatic carbocycles. The first kappa shape index (κ1) is 21.0. The van der Waals surface area contributed by atoms with E-state index in [4.69, 9.17) is 5.11 Å². The zero-order valence-corrected chi connectivity index (χ0v) is 14.5. The Balaban J connectivity index is 4.57. The van der Waals surface area contributed by atoms with E-state index in [1.54, 1.807) is 0 Å². The van der Waals surface area contributed by atoms with Crippen LogP contribution in [0.3, 0.4) is 0 Å². The third-order valence-electron chi connectivity index (χ3n) is 3.72. The summed E-state index contributed by atoms with van der Waals surface area (Å²) in [4.78, 5) is 23.8. The van der Waals surface area contributed by atoms with Crippen molar-refractivity contribution in [1.82, 2.24) is 10.6 Å². The molecule has 6 nitrogen and oxygen atoms in total. The summed E-state index contributed by atoms with van der Waals surface area (Å²) < 4.78 is 0. The van der Waals surface area contributed by atoms with Crippen LogP contribution in [-0.2, 0) is 9.59 Å². The molecule has 0 saturated heterocycles. The minimum Gasteiger partial charge on any atom is -0.394 e. The lowest BCUT2D eigenvalue weighted by atomic mass is 9.82. The summed E-state index contributed by atoms with van der Waals surface area (Å²) in [7, 11) is 1.89. The molecule has 22 heavy (non-hydrogen) atoms. The van der Waals surface area contributed by atoms with Gasteiger partial charge in [-0.05, 0) is 45.6 Å². The van der Waals surface area contributed by atoms with Crippen LogP contribution in [0.25, 0.3) is 0 Å². The minimum atomic E-state index is -1.04. The number of ketones is 1. The Labute approximate surface area is 133 Å². The number of aliphatic hydroxyl groups excluding tert-OH is 2. The second-order valence-corrected chi connectivity index (χ2v) is 7.01. The molecule has 1 amide bonds. The Morgan fingerprint density at radius 2 is 1.82 bits per heavy atom. The molecule has 0 bridgehead atoms. The first-order valence-corrected chi connectivity index (χ1v) is 7.90. The largest absolute Gasteiger partial charge is 0.394 e. The number of hydrogen-bond donors (Lipinski definition) is 4. The highest BCUT2D eigenvalue weighted by atomic mass is 16.3. The van der Waals surface area contributed by atoms with Gasteiger partial charge in [0.2, 0.25) is 5.78 Å². The fourth-order valence-electron chi connectivity index (χ4n) is 2.46. The van der Waals surface area contributed by atoms with E-state index in [1.165, 1.54) is 0 Å². The van der Waals surface area contributed by atoms with Crippen molar-refractivity contribution >= 4 is 11.7 Å². The van der Waals surface area contributed by atoms with Gasteiger partial charge in [-0.15, -0.1) is 0 Å². The van der Waals surface area contributed by atoms with E-state index < -0.39 is 24.4 Å². The van der Waals surface area contributed by atoms with E-state index in [9.17, 15) is 14.7 Å². The molecule has 4 N–H and O–H groups in total. The van der Waals surface area contributed by atoms with Crippen LogP contribution in [0.1, 0.15) is 47.0 Å². The average Bonchev–Trinajstić information content (AvgIpc) is 2.42. The molecule has 0 rings (SSSR count). The van der Waals surface area contributed by atoms with Gasteiger partial charge in [0, 0.05) is 18.5 Å². The van der Waals surface area contributed by atoms with Crippen LogP contribution >= 0.6 is 0 Å². The predicted molar refractivity (Wildman–Crippen MR) is 86.4 cm³/mol. The van der Waals surface area contributed by atoms with E-state index in [0.29, 0.717) is 5.92 Å². The van der Waals surface area contributed by atoms with Crippen LogP contribution in [0.15, 0.2) is 0 Å². The summed E-state index contributed by atoms with van der Waals surface area (Å²) in [5.74, 6) is -0.584. The molecule has 0 heterocycles. The number of carbonyl (C=O) groups is 2. The fraction of sp³-hybridized carbons (Fsp3) is 0.875. The quantitative estimate of drug-likeness (QED) is 0.415. The maximum absolute atomic E-state index is 12.0. The lowest BCUT2D eigenvalue weighted by molar-refractivity contribution is -0.138.